The number of hydrogen-bond donors (Lipinski definition) is 2. The van der Waals surface area contributed by atoms with Crippen LogP contribution in [0.3, 0.4) is 0 Å². The minimum atomic E-state index is -3.36. The third kappa shape index (κ3) is 4.04. The van der Waals surface area contributed by atoms with Gasteiger partial charge in [0.15, 0.2) is 0 Å². The standard InChI is InChI=1S/C14H24N2O2S2/c1-2-11-3-5-12(6-4-11)9-16-20(17,18)14-7-13(8-15)19-10-14/h7,10-12,16H,2-6,8-9,15H2,1H3. The Morgan fingerprint density at radius 2 is 1.95 bits per heavy atom. The van der Waals surface area contributed by atoms with Crippen LogP contribution in [-0.4, -0.2) is 15.0 Å². The second-order valence-corrected chi connectivity index (χ2v) is 8.36. The van der Waals surface area contributed by atoms with Crippen molar-refractivity contribution < 1.29 is 8.42 Å². The van der Waals surface area contributed by atoms with Gasteiger partial charge in [-0.15, -0.1) is 11.3 Å². The highest BCUT2D eigenvalue weighted by atomic mass is 32.2. The van der Waals surface area contributed by atoms with Crippen LogP contribution in [0.2, 0.25) is 0 Å². The molecule has 6 heteroatoms. The van der Waals surface area contributed by atoms with E-state index < -0.39 is 10.0 Å². The van der Waals surface area contributed by atoms with E-state index in [1.165, 1.54) is 30.6 Å². The van der Waals surface area contributed by atoms with Gasteiger partial charge in [-0.3, -0.25) is 0 Å². The minimum absolute atomic E-state index is 0.352. The molecule has 0 bridgehead atoms. The fraction of sp³-hybridized carbons (Fsp3) is 0.714. The van der Waals surface area contributed by atoms with Gasteiger partial charge in [0.2, 0.25) is 10.0 Å². The fourth-order valence-corrected chi connectivity index (χ4v) is 5.03. The van der Waals surface area contributed by atoms with E-state index in [-0.39, 0.29) is 0 Å². The van der Waals surface area contributed by atoms with Crippen LogP contribution in [0.5, 0.6) is 0 Å². The predicted octanol–water partition coefficient (Wildman–Crippen LogP) is 2.70. The van der Waals surface area contributed by atoms with Crippen molar-refractivity contribution >= 4 is 21.4 Å². The first-order chi connectivity index (χ1) is 9.55. The van der Waals surface area contributed by atoms with E-state index in [0.717, 1.165) is 23.6 Å². The first-order valence-corrected chi connectivity index (χ1v) is 9.68. The highest BCUT2D eigenvalue weighted by Crippen LogP contribution is 2.30. The van der Waals surface area contributed by atoms with E-state index >= 15 is 0 Å². The Balaban J connectivity index is 1.87. The molecule has 114 valence electrons. The Labute approximate surface area is 125 Å². The molecule has 3 N–H and O–H groups in total. The van der Waals surface area contributed by atoms with Crippen LogP contribution >= 0.6 is 11.3 Å². The van der Waals surface area contributed by atoms with Crippen molar-refractivity contribution in [1.82, 2.24) is 4.72 Å². The number of nitrogens with one attached hydrogen (secondary N) is 1. The lowest BCUT2D eigenvalue weighted by Gasteiger charge is -2.27. The van der Waals surface area contributed by atoms with Crippen LogP contribution in [0.4, 0.5) is 0 Å². The molecule has 1 saturated carbocycles. The molecule has 1 aromatic rings. The topological polar surface area (TPSA) is 72.2 Å². The first kappa shape index (κ1) is 15.9. The largest absolute Gasteiger partial charge is 0.326 e. The second-order valence-electron chi connectivity index (χ2n) is 5.60. The summed E-state index contributed by atoms with van der Waals surface area (Å²) < 4.78 is 27.1. The van der Waals surface area contributed by atoms with Gasteiger partial charge in [-0.25, -0.2) is 13.1 Å². The molecule has 20 heavy (non-hydrogen) atoms. The zero-order chi connectivity index (χ0) is 14.6. The molecular formula is C14H24N2O2S2. The summed E-state index contributed by atoms with van der Waals surface area (Å²) in [5, 5.41) is 1.67. The van der Waals surface area contributed by atoms with Crippen molar-refractivity contribution in [3.05, 3.63) is 16.3 Å². The molecule has 0 saturated heterocycles. The SMILES string of the molecule is CCC1CCC(CNS(=O)(=O)c2csc(CN)c2)CC1. The van der Waals surface area contributed by atoms with Crippen LogP contribution in [0.15, 0.2) is 16.3 Å². The fourth-order valence-electron chi connectivity index (χ4n) is 2.76. The van der Waals surface area contributed by atoms with Crippen LogP contribution < -0.4 is 10.5 Å². The lowest BCUT2D eigenvalue weighted by Crippen LogP contribution is -2.31. The minimum Gasteiger partial charge on any atom is -0.326 e. The summed E-state index contributed by atoms with van der Waals surface area (Å²) >= 11 is 1.40. The van der Waals surface area contributed by atoms with E-state index in [0.29, 0.717) is 23.9 Å². The third-order valence-corrected chi connectivity index (χ3v) is 6.76. The van der Waals surface area contributed by atoms with Crippen LogP contribution in [0.1, 0.15) is 43.9 Å². The molecular weight excluding hydrogens is 292 g/mol. The normalized spacial score (nSPS) is 23.9. The van der Waals surface area contributed by atoms with E-state index in [4.69, 9.17) is 5.73 Å². The van der Waals surface area contributed by atoms with Gasteiger partial charge in [-0.2, -0.15) is 0 Å². The van der Waals surface area contributed by atoms with Crippen molar-refractivity contribution in [1.29, 1.82) is 0 Å². The number of nitrogens with two attached hydrogens (primary N) is 1. The average Bonchev–Trinajstić information content (AvgIpc) is 2.95. The smallest absolute Gasteiger partial charge is 0.241 e. The molecule has 0 unspecified atom stereocenters. The summed E-state index contributed by atoms with van der Waals surface area (Å²) in [5.74, 6) is 1.33. The number of hydrogen-bond acceptors (Lipinski definition) is 4. The van der Waals surface area contributed by atoms with Gasteiger partial charge in [0.25, 0.3) is 0 Å². The van der Waals surface area contributed by atoms with Crippen molar-refractivity contribution in [3.8, 4) is 0 Å². The van der Waals surface area contributed by atoms with Gasteiger partial charge in [-0.1, -0.05) is 26.2 Å². The van der Waals surface area contributed by atoms with Gasteiger partial charge < -0.3 is 5.73 Å². The molecule has 0 radical (unpaired) electrons. The molecule has 1 aliphatic carbocycles. The highest BCUT2D eigenvalue weighted by Gasteiger charge is 2.22. The summed E-state index contributed by atoms with van der Waals surface area (Å²) in [6.45, 7) is 3.19. The van der Waals surface area contributed by atoms with E-state index in [1.54, 1.807) is 11.4 Å². The van der Waals surface area contributed by atoms with Crippen molar-refractivity contribution in [2.75, 3.05) is 6.54 Å². The third-order valence-electron chi connectivity index (χ3n) is 4.25. The van der Waals surface area contributed by atoms with E-state index in [1.807, 2.05) is 0 Å². The molecule has 0 atom stereocenters. The average molecular weight is 316 g/mol. The number of thiophene rings is 1. The summed E-state index contributed by atoms with van der Waals surface area (Å²) in [5.41, 5.74) is 5.52. The monoisotopic (exact) mass is 316 g/mol. The number of rotatable bonds is 6. The quantitative estimate of drug-likeness (QED) is 0.847. The second kappa shape index (κ2) is 7.02. The van der Waals surface area contributed by atoms with Crippen LogP contribution in [0.25, 0.3) is 0 Å². The van der Waals surface area contributed by atoms with Gasteiger partial charge in [0.05, 0.1) is 4.90 Å². The predicted molar refractivity (Wildman–Crippen MR) is 83.1 cm³/mol. The molecule has 0 amide bonds. The Morgan fingerprint density at radius 3 is 2.50 bits per heavy atom. The molecule has 0 spiro atoms. The molecule has 1 aliphatic rings. The van der Waals surface area contributed by atoms with Crippen molar-refractivity contribution in [2.45, 2.75) is 50.5 Å². The maximum Gasteiger partial charge on any atom is 0.241 e. The lowest BCUT2D eigenvalue weighted by molar-refractivity contribution is 0.270. The van der Waals surface area contributed by atoms with Crippen molar-refractivity contribution in [3.63, 3.8) is 0 Å². The van der Waals surface area contributed by atoms with Gasteiger partial charge >= 0.3 is 0 Å². The van der Waals surface area contributed by atoms with Gasteiger partial charge in [0, 0.05) is 23.3 Å². The van der Waals surface area contributed by atoms with Crippen molar-refractivity contribution in [2.24, 2.45) is 17.6 Å². The molecule has 1 fully saturated rings. The van der Waals surface area contributed by atoms with E-state index in [2.05, 4.69) is 11.6 Å². The zero-order valence-corrected chi connectivity index (χ0v) is 13.6. The molecule has 1 heterocycles. The molecule has 2 rings (SSSR count). The Bertz CT molecular complexity index is 517. The molecule has 4 nitrogen and oxygen atoms in total. The maximum atomic E-state index is 12.2. The zero-order valence-electron chi connectivity index (χ0n) is 12.0. The van der Waals surface area contributed by atoms with E-state index in [9.17, 15) is 8.42 Å². The van der Waals surface area contributed by atoms with Gasteiger partial charge in [0.1, 0.15) is 0 Å². The summed E-state index contributed by atoms with van der Waals surface area (Å²) in [6, 6.07) is 1.67. The molecule has 0 aliphatic heterocycles. The summed E-state index contributed by atoms with van der Waals surface area (Å²) in [7, 11) is -3.36. The maximum absolute atomic E-state index is 12.2. The van der Waals surface area contributed by atoms with Crippen LogP contribution in [0, 0.1) is 11.8 Å². The molecule has 0 aromatic carbocycles. The summed E-state index contributed by atoms with van der Waals surface area (Å²) in [6.07, 6.45) is 5.99. The first-order valence-electron chi connectivity index (χ1n) is 7.32. The highest BCUT2D eigenvalue weighted by molar-refractivity contribution is 7.89. The van der Waals surface area contributed by atoms with Gasteiger partial charge in [-0.05, 0) is 30.7 Å². The Hall–Kier alpha value is -0.430. The Morgan fingerprint density at radius 1 is 1.30 bits per heavy atom. The van der Waals surface area contributed by atoms with Crippen LogP contribution in [-0.2, 0) is 16.6 Å². The lowest BCUT2D eigenvalue weighted by atomic mass is 9.81. The summed E-state index contributed by atoms with van der Waals surface area (Å²) in [4.78, 5) is 1.25. The Kier molecular flexibility index (Phi) is 5.60. The number of sulfonamides is 1. The molecule has 1 aromatic heterocycles.